The van der Waals surface area contributed by atoms with Crippen LogP contribution < -0.4 is 14.8 Å². The molecule has 1 aliphatic heterocycles. The molecule has 2 fully saturated rings. The molecule has 3 rings (SSSR count). The molecular formula is C24H42N2O5S. The molecule has 2 aliphatic rings. The van der Waals surface area contributed by atoms with Gasteiger partial charge in [-0.1, -0.05) is 47.0 Å². The van der Waals surface area contributed by atoms with Crippen molar-refractivity contribution in [3.8, 4) is 11.5 Å². The predicted molar refractivity (Wildman–Crippen MR) is 129 cm³/mol. The molecule has 32 heavy (non-hydrogen) atoms. The molecule has 0 spiro atoms. The van der Waals surface area contributed by atoms with E-state index in [2.05, 4.69) is 5.32 Å². The van der Waals surface area contributed by atoms with E-state index in [1.54, 1.807) is 12.1 Å². The first-order valence-electron chi connectivity index (χ1n) is 11.0. The zero-order valence-electron chi connectivity index (χ0n) is 18.1. The van der Waals surface area contributed by atoms with E-state index in [4.69, 9.17) is 9.47 Å². The van der Waals surface area contributed by atoms with Gasteiger partial charge in [-0.25, -0.2) is 8.42 Å². The van der Waals surface area contributed by atoms with Gasteiger partial charge in [0.1, 0.15) is 16.4 Å². The van der Waals surface area contributed by atoms with Crippen molar-refractivity contribution < 1.29 is 22.7 Å². The molecule has 1 heterocycles. The van der Waals surface area contributed by atoms with Gasteiger partial charge in [0.15, 0.2) is 0 Å². The van der Waals surface area contributed by atoms with Crippen molar-refractivity contribution in [2.45, 2.75) is 83.6 Å². The number of carbonyl (C=O) groups excluding carboxylic acids is 1. The van der Waals surface area contributed by atoms with Crippen molar-refractivity contribution in [1.82, 2.24) is 9.62 Å². The summed E-state index contributed by atoms with van der Waals surface area (Å²) in [7, 11) is -0.763. The molecular weight excluding hydrogens is 428 g/mol. The molecule has 1 amide bonds. The normalized spacial score (nSPS) is 20.2. The number of hydrogen-bond donors (Lipinski definition) is 1. The lowest BCUT2D eigenvalue weighted by Crippen LogP contribution is -2.44. The molecule has 1 aromatic rings. The van der Waals surface area contributed by atoms with Crippen LogP contribution >= 0.6 is 0 Å². The van der Waals surface area contributed by atoms with Crippen molar-refractivity contribution in [2.24, 2.45) is 5.92 Å². The number of nitrogens with zero attached hydrogens (tertiary/aromatic N) is 1. The average Bonchev–Trinajstić information content (AvgIpc) is 3.21. The second-order valence-corrected chi connectivity index (χ2v) is 10.1. The molecule has 1 N–H and O–H groups in total. The number of nitrogens with one attached hydrogen (secondary N) is 1. The topological polar surface area (TPSA) is 84.9 Å². The van der Waals surface area contributed by atoms with Crippen molar-refractivity contribution in [1.29, 1.82) is 0 Å². The first-order chi connectivity index (χ1) is 14.5. The third kappa shape index (κ3) is 6.61. The van der Waals surface area contributed by atoms with Crippen LogP contribution in [-0.2, 0) is 14.8 Å². The van der Waals surface area contributed by atoms with Gasteiger partial charge in [-0.2, -0.15) is 4.31 Å². The second-order valence-electron chi connectivity index (χ2n) is 8.22. The summed E-state index contributed by atoms with van der Waals surface area (Å²) in [5.41, 5.74) is 0. The van der Waals surface area contributed by atoms with Crippen LogP contribution in [0.4, 0.5) is 0 Å². The molecule has 1 saturated heterocycles. The Morgan fingerprint density at radius 3 is 2.28 bits per heavy atom. The fourth-order valence-corrected chi connectivity index (χ4v) is 6.36. The van der Waals surface area contributed by atoms with Gasteiger partial charge in [-0.05, 0) is 37.8 Å². The average molecular weight is 471 g/mol. The number of methoxy groups -OCH3 is 2. The van der Waals surface area contributed by atoms with Crippen LogP contribution in [0, 0.1) is 5.92 Å². The van der Waals surface area contributed by atoms with Crippen LogP contribution in [0.15, 0.2) is 23.1 Å². The lowest BCUT2D eigenvalue weighted by Gasteiger charge is -2.26. The van der Waals surface area contributed by atoms with Crippen LogP contribution in [0.1, 0.15) is 72.6 Å². The SMILES string of the molecule is C.C.COc1ccc(S(=O)(=O)N2CCCC2CNC(=O)C2CCCCCCC2)c(OC)c1. The molecule has 1 atom stereocenters. The quantitative estimate of drug-likeness (QED) is 0.629. The molecule has 0 bridgehead atoms. The highest BCUT2D eigenvalue weighted by molar-refractivity contribution is 7.89. The van der Waals surface area contributed by atoms with Crippen molar-refractivity contribution in [2.75, 3.05) is 27.3 Å². The maximum atomic E-state index is 13.3. The zero-order chi connectivity index (χ0) is 21.6. The molecule has 1 aliphatic carbocycles. The van der Waals surface area contributed by atoms with Gasteiger partial charge in [0, 0.05) is 31.1 Å². The number of carbonyl (C=O) groups is 1. The zero-order valence-corrected chi connectivity index (χ0v) is 18.9. The molecule has 1 saturated carbocycles. The summed E-state index contributed by atoms with van der Waals surface area (Å²) in [6, 6.07) is 4.49. The minimum absolute atomic E-state index is 0. The van der Waals surface area contributed by atoms with Gasteiger partial charge >= 0.3 is 0 Å². The van der Waals surface area contributed by atoms with Crippen molar-refractivity contribution in [3.05, 3.63) is 18.2 Å². The summed E-state index contributed by atoms with van der Waals surface area (Å²) in [4.78, 5) is 12.8. The van der Waals surface area contributed by atoms with Crippen LogP contribution in [0.3, 0.4) is 0 Å². The highest BCUT2D eigenvalue weighted by atomic mass is 32.2. The molecule has 184 valence electrons. The first-order valence-corrected chi connectivity index (χ1v) is 12.4. The monoisotopic (exact) mass is 470 g/mol. The maximum absolute atomic E-state index is 13.3. The summed E-state index contributed by atoms with van der Waals surface area (Å²) in [5.74, 6) is 0.926. The molecule has 1 unspecified atom stereocenters. The molecule has 0 radical (unpaired) electrons. The van der Waals surface area contributed by atoms with Crippen LogP contribution in [0.25, 0.3) is 0 Å². The Balaban J connectivity index is 0.00000256. The number of hydrogen-bond acceptors (Lipinski definition) is 5. The fraction of sp³-hybridized carbons (Fsp3) is 0.708. The molecule has 0 aromatic heterocycles. The molecule has 1 aromatic carbocycles. The predicted octanol–water partition coefficient (Wildman–Crippen LogP) is 4.61. The minimum atomic E-state index is -3.74. The van der Waals surface area contributed by atoms with Crippen LogP contribution in [0.5, 0.6) is 11.5 Å². The Labute approximate surface area is 194 Å². The minimum Gasteiger partial charge on any atom is -0.497 e. The summed E-state index contributed by atoms with van der Waals surface area (Å²) >= 11 is 0. The van der Waals surface area contributed by atoms with Gasteiger partial charge in [0.25, 0.3) is 0 Å². The summed E-state index contributed by atoms with van der Waals surface area (Å²) in [6.45, 7) is 0.800. The lowest BCUT2D eigenvalue weighted by atomic mass is 9.90. The Hall–Kier alpha value is -1.80. The Bertz CT molecular complexity index is 820. The van der Waals surface area contributed by atoms with Gasteiger partial charge in [0.2, 0.25) is 15.9 Å². The summed E-state index contributed by atoms with van der Waals surface area (Å²) in [5, 5.41) is 3.05. The maximum Gasteiger partial charge on any atom is 0.247 e. The van der Waals surface area contributed by atoms with E-state index in [0.29, 0.717) is 18.8 Å². The third-order valence-corrected chi connectivity index (χ3v) is 8.26. The lowest BCUT2D eigenvalue weighted by molar-refractivity contribution is -0.125. The number of benzene rings is 1. The standard InChI is InChI=1S/C22H34N2O5S.2CH4/c1-28-19-12-13-21(20(15-19)29-2)30(26,27)24-14-8-11-18(24)16-23-22(25)17-9-6-4-3-5-7-10-17;;/h12-13,15,17-18H,3-11,14,16H2,1-2H3,(H,23,25);2*1H4. The number of sulfonamides is 1. The highest BCUT2D eigenvalue weighted by Gasteiger charge is 2.37. The summed E-state index contributed by atoms with van der Waals surface area (Å²) in [6.07, 6.45) is 9.23. The first kappa shape index (κ1) is 28.2. The van der Waals surface area contributed by atoms with E-state index < -0.39 is 10.0 Å². The molecule has 8 heteroatoms. The largest absolute Gasteiger partial charge is 0.497 e. The summed E-state index contributed by atoms with van der Waals surface area (Å²) < 4.78 is 38.7. The van der Waals surface area contributed by atoms with Gasteiger partial charge < -0.3 is 14.8 Å². The van der Waals surface area contributed by atoms with E-state index in [1.165, 1.54) is 43.9 Å². The highest BCUT2D eigenvalue weighted by Crippen LogP contribution is 2.34. The third-order valence-electron chi connectivity index (χ3n) is 6.27. The van der Waals surface area contributed by atoms with E-state index >= 15 is 0 Å². The Kier molecular flexibility index (Phi) is 11.5. The Morgan fingerprint density at radius 2 is 1.66 bits per heavy atom. The number of ether oxygens (including phenoxy) is 2. The van der Waals surface area contributed by atoms with Crippen molar-refractivity contribution >= 4 is 15.9 Å². The Morgan fingerprint density at radius 1 is 1.00 bits per heavy atom. The smallest absolute Gasteiger partial charge is 0.247 e. The van der Waals surface area contributed by atoms with Crippen molar-refractivity contribution in [3.63, 3.8) is 0 Å². The number of amides is 1. The number of rotatable bonds is 7. The van der Waals surface area contributed by atoms with E-state index in [0.717, 1.165) is 38.5 Å². The van der Waals surface area contributed by atoms with Crippen LogP contribution in [-0.4, -0.2) is 52.0 Å². The van der Waals surface area contributed by atoms with Gasteiger partial charge in [-0.15, -0.1) is 0 Å². The van der Waals surface area contributed by atoms with Gasteiger partial charge in [-0.3, -0.25) is 4.79 Å². The fourth-order valence-electron chi connectivity index (χ4n) is 4.53. The van der Waals surface area contributed by atoms with Crippen LogP contribution in [0.2, 0.25) is 0 Å². The molecule has 7 nitrogen and oxygen atoms in total. The van der Waals surface area contributed by atoms with Gasteiger partial charge in [0.05, 0.1) is 14.2 Å². The van der Waals surface area contributed by atoms with E-state index in [9.17, 15) is 13.2 Å². The van der Waals surface area contributed by atoms with E-state index in [1.807, 2.05) is 0 Å². The van der Waals surface area contributed by atoms with E-state index in [-0.39, 0.29) is 43.4 Å². The second kappa shape index (κ2) is 13.0.